The molecule has 2 heterocycles. The van der Waals surface area contributed by atoms with E-state index in [4.69, 9.17) is 4.74 Å². The third kappa shape index (κ3) is 4.34. The second-order valence-corrected chi connectivity index (χ2v) is 9.64. The lowest BCUT2D eigenvalue weighted by Crippen LogP contribution is -2.28. The van der Waals surface area contributed by atoms with Gasteiger partial charge in [-0.3, -0.25) is 4.79 Å². The number of fused-ring (bicyclic) bond motifs is 1. The highest BCUT2D eigenvalue weighted by atomic mass is 32.1. The zero-order chi connectivity index (χ0) is 20.8. The fourth-order valence-electron chi connectivity index (χ4n) is 3.35. The summed E-state index contributed by atoms with van der Waals surface area (Å²) in [6.45, 7) is 7.46. The van der Waals surface area contributed by atoms with Crippen molar-refractivity contribution in [1.29, 1.82) is 0 Å². The first-order valence-corrected chi connectivity index (χ1v) is 10.6. The summed E-state index contributed by atoms with van der Waals surface area (Å²) in [7, 11) is 0. The third-order valence-electron chi connectivity index (χ3n) is 4.90. The van der Waals surface area contributed by atoms with Gasteiger partial charge in [0.1, 0.15) is 16.3 Å². The van der Waals surface area contributed by atoms with Gasteiger partial charge in [-0.05, 0) is 58.4 Å². The SMILES string of the molecule is C[C@@H](NC(=O)[C@H]1C[C@@H]1c1nc2ccccc2[nH]1)c1ccc(C(=O)OC(C)(C)C)s1. The number of thiophene rings is 1. The van der Waals surface area contributed by atoms with Crippen LogP contribution in [0.4, 0.5) is 0 Å². The number of para-hydroxylation sites is 2. The van der Waals surface area contributed by atoms with Crippen LogP contribution in [-0.4, -0.2) is 27.4 Å². The number of rotatable bonds is 5. The van der Waals surface area contributed by atoms with E-state index in [-0.39, 0.29) is 29.8 Å². The van der Waals surface area contributed by atoms with E-state index in [2.05, 4.69) is 15.3 Å². The molecule has 3 atom stereocenters. The van der Waals surface area contributed by atoms with E-state index in [1.165, 1.54) is 11.3 Å². The number of hydrogen-bond acceptors (Lipinski definition) is 5. The largest absolute Gasteiger partial charge is 0.456 e. The van der Waals surface area contributed by atoms with Gasteiger partial charge in [0.25, 0.3) is 0 Å². The Morgan fingerprint density at radius 2 is 2.00 bits per heavy atom. The summed E-state index contributed by atoms with van der Waals surface area (Å²) in [5, 5.41) is 3.07. The predicted octanol–water partition coefficient (Wildman–Crippen LogP) is 4.56. The summed E-state index contributed by atoms with van der Waals surface area (Å²) >= 11 is 1.36. The highest BCUT2D eigenvalue weighted by molar-refractivity contribution is 7.14. The van der Waals surface area contributed by atoms with E-state index in [1.807, 2.05) is 58.0 Å². The van der Waals surface area contributed by atoms with E-state index in [0.29, 0.717) is 4.88 Å². The maximum atomic E-state index is 12.7. The molecule has 152 valence electrons. The molecule has 7 heteroatoms. The fraction of sp³-hybridized carbons (Fsp3) is 0.409. The Bertz CT molecular complexity index is 1030. The van der Waals surface area contributed by atoms with Crippen molar-refractivity contribution in [2.24, 2.45) is 5.92 Å². The van der Waals surface area contributed by atoms with E-state index in [9.17, 15) is 9.59 Å². The van der Waals surface area contributed by atoms with Gasteiger partial charge in [-0.25, -0.2) is 9.78 Å². The Labute approximate surface area is 173 Å². The zero-order valence-electron chi connectivity index (χ0n) is 17.0. The molecule has 0 spiro atoms. The second-order valence-electron chi connectivity index (χ2n) is 8.52. The topological polar surface area (TPSA) is 84.1 Å². The number of nitrogens with zero attached hydrogens (tertiary/aromatic N) is 1. The number of H-pyrrole nitrogens is 1. The van der Waals surface area contributed by atoms with Gasteiger partial charge in [0.15, 0.2) is 0 Å². The molecule has 0 radical (unpaired) electrons. The normalized spacial score (nSPS) is 19.7. The zero-order valence-corrected chi connectivity index (χ0v) is 17.8. The summed E-state index contributed by atoms with van der Waals surface area (Å²) < 4.78 is 5.41. The van der Waals surface area contributed by atoms with Crippen LogP contribution in [0.5, 0.6) is 0 Å². The number of esters is 1. The standard InChI is InChI=1S/C22H25N3O3S/c1-12(17-9-10-18(29-17)21(27)28-22(2,3)4)23-20(26)14-11-13(14)19-24-15-7-5-6-8-16(15)25-19/h5-10,12-14H,11H2,1-4H3,(H,23,26)(H,24,25)/t12-,13+,14+/m1/s1. The molecule has 1 aliphatic rings. The van der Waals surface area contributed by atoms with E-state index in [1.54, 1.807) is 6.07 Å². The Morgan fingerprint density at radius 1 is 1.24 bits per heavy atom. The molecular weight excluding hydrogens is 386 g/mol. The number of aromatic amines is 1. The number of carbonyl (C=O) groups is 2. The third-order valence-corrected chi connectivity index (χ3v) is 6.15. The number of ether oxygens (including phenoxy) is 1. The van der Waals surface area contributed by atoms with Crippen LogP contribution in [0, 0.1) is 5.92 Å². The van der Waals surface area contributed by atoms with Crippen molar-refractivity contribution < 1.29 is 14.3 Å². The molecule has 4 rings (SSSR count). The van der Waals surface area contributed by atoms with Crippen molar-refractivity contribution in [2.75, 3.05) is 0 Å². The van der Waals surface area contributed by atoms with Crippen LogP contribution in [-0.2, 0) is 9.53 Å². The predicted molar refractivity (Wildman–Crippen MR) is 113 cm³/mol. The average Bonchev–Trinajstić information content (AvgIpc) is 3.10. The molecule has 1 fully saturated rings. The Hall–Kier alpha value is -2.67. The van der Waals surface area contributed by atoms with Crippen LogP contribution in [0.2, 0.25) is 0 Å². The molecule has 0 unspecified atom stereocenters. The van der Waals surface area contributed by atoms with Crippen LogP contribution in [0.15, 0.2) is 36.4 Å². The van der Waals surface area contributed by atoms with Gasteiger partial charge in [-0.2, -0.15) is 0 Å². The molecule has 29 heavy (non-hydrogen) atoms. The van der Waals surface area contributed by atoms with E-state index in [0.717, 1.165) is 28.2 Å². The van der Waals surface area contributed by atoms with Crippen LogP contribution >= 0.6 is 11.3 Å². The number of benzene rings is 1. The van der Waals surface area contributed by atoms with Gasteiger partial charge in [0.2, 0.25) is 5.91 Å². The number of hydrogen-bond donors (Lipinski definition) is 2. The molecular formula is C22H25N3O3S. The van der Waals surface area contributed by atoms with Crippen LogP contribution in [0.1, 0.15) is 66.4 Å². The number of imidazole rings is 1. The Kier molecular flexibility index (Phi) is 4.94. The van der Waals surface area contributed by atoms with Gasteiger partial charge >= 0.3 is 5.97 Å². The van der Waals surface area contributed by atoms with Crippen LogP contribution < -0.4 is 5.32 Å². The maximum Gasteiger partial charge on any atom is 0.348 e. The molecule has 1 saturated carbocycles. The number of aromatic nitrogens is 2. The van der Waals surface area contributed by atoms with Crippen LogP contribution in [0.3, 0.4) is 0 Å². The molecule has 6 nitrogen and oxygen atoms in total. The van der Waals surface area contributed by atoms with Crippen molar-refractivity contribution in [3.05, 3.63) is 52.0 Å². The highest BCUT2D eigenvalue weighted by Gasteiger charge is 2.46. The van der Waals surface area contributed by atoms with Crippen molar-refractivity contribution in [3.63, 3.8) is 0 Å². The molecule has 0 aliphatic heterocycles. The molecule has 2 aromatic heterocycles. The minimum Gasteiger partial charge on any atom is -0.456 e. The smallest absolute Gasteiger partial charge is 0.348 e. The summed E-state index contributed by atoms with van der Waals surface area (Å²) in [5.41, 5.74) is 1.39. The minimum atomic E-state index is -0.529. The molecule has 3 aromatic rings. The Balaban J connectivity index is 1.36. The molecule has 1 aromatic carbocycles. The van der Waals surface area contributed by atoms with Crippen molar-refractivity contribution in [1.82, 2.24) is 15.3 Å². The second kappa shape index (κ2) is 7.30. The summed E-state index contributed by atoms with van der Waals surface area (Å²) in [6, 6.07) is 11.3. The number of nitrogens with one attached hydrogen (secondary N) is 2. The lowest BCUT2D eigenvalue weighted by atomic mass is 10.2. The molecule has 1 aliphatic carbocycles. The first-order chi connectivity index (χ1) is 13.7. The van der Waals surface area contributed by atoms with Crippen LogP contribution in [0.25, 0.3) is 11.0 Å². The molecule has 2 N–H and O–H groups in total. The van der Waals surface area contributed by atoms with Gasteiger partial charge in [-0.1, -0.05) is 12.1 Å². The fourth-order valence-corrected chi connectivity index (χ4v) is 4.24. The minimum absolute atomic E-state index is 0.0233. The first kappa shape index (κ1) is 19.6. The summed E-state index contributed by atoms with van der Waals surface area (Å²) in [5.74, 6) is 0.635. The number of carbonyl (C=O) groups excluding carboxylic acids is 2. The van der Waals surface area contributed by atoms with Crippen molar-refractivity contribution >= 4 is 34.2 Å². The molecule has 1 amide bonds. The van der Waals surface area contributed by atoms with E-state index >= 15 is 0 Å². The quantitative estimate of drug-likeness (QED) is 0.603. The number of amides is 1. The van der Waals surface area contributed by atoms with Gasteiger partial charge in [0.05, 0.1) is 17.1 Å². The highest BCUT2D eigenvalue weighted by Crippen LogP contribution is 2.47. The van der Waals surface area contributed by atoms with Gasteiger partial charge < -0.3 is 15.0 Å². The molecule has 0 bridgehead atoms. The maximum absolute atomic E-state index is 12.7. The monoisotopic (exact) mass is 411 g/mol. The summed E-state index contributed by atoms with van der Waals surface area (Å²) in [4.78, 5) is 34.3. The Morgan fingerprint density at radius 3 is 2.72 bits per heavy atom. The van der Waals surface area contributed by atoms with Gasteiger partial charge in [-0.15, -0.1) is 11.3 Å². The van der Waals surface area contributed by atoms with Gasteiger partial charge in [0, 0.05) is 16.7 Å². The van der Waals surface area contributed by atoms with E-state index < -0.39 is 5.60 Å². The average molecular weight is 412 g/mol. The lowest BCUT2D eigenvalue weighted by molar-refractivity contribution is -0.123. The molecule has 0 saturated heterocycles. The van der Waals surface area contributed by atoms with Crippen molar-refractivity contribution in [2.45, 2.75) is 51.7 Å². The van der Waals surface area contributed by atoms with Crippen molar-refractivity contribution in [3.8, 4) is 0 Å². The first-order valence-electron chi connectivity index (χ1n) is 9.79. The summed E-state index contributed by atoms with van der Waals surface area (Å²) in [6.07, 6.45) is 0.798. The lowest BCUT2D eigenvalue weighted by Gasteiger charge is -2.18.